The Morgan fingerprint density at radius 3 is 2.68 bits per heavy atom. The zero-order chi connectivity index (χ0) is 15.4. The fraction of sp³-hybridized carbons (Fsp3) is 0.158. The lowest BCUT2D eigenvalue weighted by Gasteiger charge is -2.13. The van der Waals surface area contributed by atoms with Crippen molar-refractivity contribution in [1.82, 2.24) is 10.3 Å². The van der Waals surface area contributed by atoms with Crippen LogP contribution in [-0.2, 0) is 0 Å². The van der Waals surface area contributed by atoms with Crippen LogP contribution in [-0.4, -0.2) is 17.4 Å². The summed E-state index contributed by atoms with van der Waals surface area (Å²) in [5, 5.41) is 3.91. The molecule has 1 aromatic heterocycles. The largest absolute Gasteiger partial charge is 0.351 e. The Morgan fingerprint density at radius 1 is 1.05 bits per heavy atom. The average molecular weight is 290 g/mol. The number of rotatable bonds is 4. The molecule has 0 fully saturated rings. The van der Waals surface area contributed by atoms with Crippen molar-refractivity contribution in [2.75, 3.05) is 6.54 Å². The second-order valence-electron chi connectivity index (χ2n) is 5.40. The summed E-state index contributed by atoms with van der Waals surface area (Å²) in [6, 6.07) is 19.6. The number of aromatic nitrogens is 1. The molecule has 0 spiro atoms. The lowest BCUT2D eigenvalue weighted by Crippen LogP contribution is -2.27. The summed E-state index contributed by atoms with van der Waals surface area (Å²) in [6.45, 7) is 2.72. The van der Waals surface area contributed by atoms with E-state index in [1.165, 1.54) is 5.56 Å². The number of amides is 1. The summed E-state index contributed by atoms with van der Waals surface area (Å²) >= 11 is 0. The van der Waals surface area contributed by atoms with Crippen molar-refractivity contribution < 1.29 is 4.79 Å². The molecule has 3 rings (SSSR count). The number of hydrogen-bond donors (Lipinski definition) is 1. The van der Waals surface area contributed by atoms with Crippen LogP contribution in [0.3, 0.4) is 0 Å². The van der Waals surface area contributed by atoms with Crippen LogP contribution in [0.15, 0.2) is 66.9 Å². The third-order valence-electron chi connectivity index (χ3n) is 3.83. The van der Waals surface area contributed by atoms with Crippen LogP contribution < -0.4 is 5.32 Å². The molecule has 3 nitrogen and oxygen atoms in total. The first-order valence-electron chi connectivity index (χ1n) is 7.42. The summed E-state index contributed by atoms with van der Waals surface area (Å²) < 4.78 is 0. The van der Waals surface area contributed by atoms with E-state index in [1.54, 1.807) is 6.20 Å². The molecule has 0 aliphatic heterocycles. The number of nitrogens with one attached hydrogen (secondary N) is 1. The number of fused-ring (bicyclic) bond motifs is 1. The standard InChI is InChI=1S/C19H18N2O/c1-14(15-7-3-2-4-8-15)13-21-19(22)17-9-5-11-18-16(17)10-6-12-20-18/h2-12,14H,13H2,1H3,(H,21,22)/t14-/m1/s1. The molecule has 0 saturated carbocycles. The lowest BCUT2D eigenvalue weighted by atomic mass is 10.0. The normalized spacial score (nSPS) is 12.0. The Bertz CT molecular complexity index is 778. The molecule has 1 atom stereocenters. The highest BCUT2D eigenvalue weighted by Gasteiger charge is 2.12. The van der Waals surface area contributed by atoms with Crippen molar-refractivity contribution in [2.45, 2.75) is 12.8 Å². The SMILES string of the molecule is C[C@H](CNC(=O)c1cccc2ncccc12)c1ccccc1. The lowest BCUT2D eigenvalue weighted by molar-refractivity contribution is 0.0953. The fourth-order valence-corrected chi connectivity index (χ4v) is 2.54. The quantitative estimate of drug-likeness (QED) is 0.794. The molecule has 0 bridgehead atoms. The molecule has 0 unspecified atom stereocenters. The van der Waals surface area contributed by atoms with Crippen LogP contribution in [0.4, 0.5) is 0 Å². The molecule has 1 amide bonds. The molecule has 22 heavy (non-hydrogen) atoms. The number of pyridine rings is 1. The monoisotopic (exact) mass is 290 g/mol. The minimum atomic E-state index is -0.0543. The van der Waals surface area contributed by atoms with E-state index in [4.69, 9.17) is 0 Å². The smallest absolute Gasteiger partial charge is 0.251 e. The van der Waals surface area contributed by atoms with Gasteiger partial charge in [-0.25, -0.2) is 0 Å². The maximum atomic E-state index is 12.5. The van der Waals surface area contributed by atoms with E-state index >= 15 is 0 Å². The maximum Gasteiger partial charge on any atom is 0.251 e. The molecule has 0 radical (unpaired) electrons. The van der Waals surface area contributed by atoms with Crippen LogP contribution >= 0.6 is 0 Å². The van der Waals surface area contributed by atoms with Gasteiger partial charge in [-0.15, -0.1) is 0 Å². The molecule has 0 aliphatic rings. The number of nitrogens with zero attached hydrogens (tertiary/aromatic N) is 1. The molecule has 3 aromatic rings. The van der Waals surface area contributed by atoms with E-state index in [9.17, 15) is 4.79 Å². The topological polar surface area (TPSA) is 42.0 Å². The average Bonchev–Trinajstić information content (AvgIpc) is 2.59. The maximum absolute atomic E-state index is 12.5. The van der Waals surface area contributed by atoms with Crippen molar-refractivity contribution in [1.29, 1.82) is 0 Å². The first-order valence-corrected chi connectivity index (χ1v) is 7.42. The Morgan fingerprint density at radius 2 is 1.86 bits per heavy atom. The highest BCUT2D eigenvalue weighted by molar-refractivity contribution is 6.06. The number of benzene rings is 2. The predicted octanol–water partition coefficient (Wildman–Crippen LogP) is 3.77. The van der Waals surface area contributed by atoms with Gasteiger partial charge in [0.05, 0.1) is 5.52 Å². The summed E-state index contributed by atoms with van der Waals surface area (Å²) in [7, 11) is 0. The van der Waals surface area contributed by atoms with E-state index in [0.29, 0.717) is 12.1 Å². The zero-order valence-corrected chi connectivity index (χ0v) is 12.5. The van der Waals surface area contributed by atoms with Gasteiger partial charge in [-0.1, -0.05) is 49.4 Å². The zero-order valence-electron chi connectivity index (χ0n) is 12.5. The second kappa shape index (κ2) is 6.39. The van der Waals surface area contributed by atoms with E-state index in [1.807, 2.05) is 48.5 Å². The Kier molecular flexibility index (Phi) is 4.15. The van der Waals surface area contributed by atoms with Gasteiger partial charge in [0.25, 0.3) is 5.91 Å². The summed E-state index contributed by atoms with van der Waals surface area (Å²) in [5.41, 5.74) is 2.74. The van der Waals surface area contributed by atoms with Crippen LogP contribution in [0.25, 0.3) is 10.9 Å². The van der Waals surface area contributed by atoms with E-state index < -0.39 is 0 Å². The van der Waals surface area contributed by atoms with Crippen LogP contribution in [0.5, 0.6) is 0 Å². The summed E-state index contributed by atoms with van der Waals surface area (Å²) in [4.78, 5) is 16.7. The molecule has 110 valence electrons. The number of carbonyl (C=O) groups is 1. The third-order valence-corrected chi connectivity index (χ3v) is 3.83. The van der Waals surface area contributed by atoms with E-state index in [0.717, 1.165) is 10.9 Å². The van der Waals surface area contributed by atoms with Crippen LogP contribution in [0.1, 0.15) is 28.8 Å². The molecule has 1 heterocycles. The molecule has 0 saturated heterocycles. The van der Waals surface area contributed by atoms with Crippen molar-refractivity contribution >= 4 is 16.8 Å². The Labute approximate surface area is 130 Å². The highest BCUT2D eigenvalue weighted by Crippen LogP contribution is 2.17. The van der Waals surface area contributed by atoms with Crippen molar-refractivity contribution in [3.63, 3.8) is 0 Å². The van der Waals surface area contributed by atoms with Gasteiger partial charge in [0, 0.05) is 23.7 Å². The van der Waals surface area contributed by atoms with Gasteiger partial charge in [0.15, 0.2) is 0 Å². The van der Waals surface area contributed by atoms with Gasteiger partial charge in [-0.2, -0.15) is 0 Å². The molecular weight excluding hydrogens is 272 g/mol. The molecule has 1 N–H and O–H groups in total. The van der Waals surface area contributed by atoms with Gasteiger partial charge < -0.3 is 5.32 Å². The Hall–Kier alpha value is -2.68. The summed E-state index contributed by atoms with van der Waals surface area (Å²) in [6.07, 6.45) is 1.74. The summed E-state index contributed by atoms with van der Waals surface area (Å²) in [5.74, 6) is 0.222. The fourth-order valence-electron chi connectivity index (χ4n) is 2.54. The van der Waals surface area contributed by atoms with Gasteiger partial charge in [0.2, 0.25) is 0 Å². The molecule has 3 heteroatoms. The molecule has 2 aromatic carbocycles. The van der Waals surface area contributed by atoms with Crippen molar-refractivity contribution in [3.05, 3.63) is 78.0 Å². The predicted molar refractivity (Wildman–Crippen MR) is 88.9 cm³/mol. The van der Waals surface area contributed by atoms with Crippen molar-refractivity contribution in [3.8, 4) is 0 Å². The molecule has 0 aliphatic carbocycles. The van der Waals surface area contributed by atoms with E-state index in [-0.39, 0.29) is 11.8 Å². The first-order chi connectivity index (χ1) is 10.8. The Balaban J connectivity index is 1.74. The minimum absolute atomic E-state index is 0.0543. The van der Waals surface area contributed by atoms with E-state index in [2.05, 4.69) is 29.4 Å². The number of carbonyl (C=O) groups excluding carboxylic acids is 1. The third kappa shape index (κ3) is 2.98. The highest BCUT2D eigenvalue weighted by atomic mass is 16.1. The van der Waals surface area contributed by atoms with Crippen molar-refractivity contribution in [2.24, 2.45) is 0 Å². The van der Waals surface area contributed by atoms with Crippen LogP contribution in [0.2, 0.25) is 0 Å². The van der Waals surface area contributed by atoms with Gasteiger partial charge in [-0.05, 0) is 29.7 Å². The minimum Gasteiger partial charge on any atom is -0.351 e. The van der Waals surface area contributed by atoms with Gasteiger partial charge in [0.1, 0.15) is 0 Å². The van der Waals surface area contributed by atoms with Gasteiger partial charge >= 0.3 is 0 Å². The van der Waals surface area contributed by atoms with Gasteiger partial charge in [-0.3, -0.25) is 9.78 Å². The number of hydrogen-bond acceptors (Lipinski definition) is 2. The first kappa shape index (κ1) is 14.3. The molecular formula is C19H18N2O. The van der Waals surface area contributed by atoms with Crippen LogP contribution in [0, 0.1) is 0 Å². The second-order valence-corrected chi connectivity index (χ2v) is 5.40.